The Bertz CT molecular complexity index is 505. The van der Waals surface area contributed by atoms with Crippen LogP contribution in [0.4, 0.5) is 4.39 Å². The lowest BCUT2D eigenvalue weighted by Gasteiger charge is -2.00. The second kappa shape index (κ2) is 5.86. The standard InChI is InChI=1S/C16H13F/c17-16(13-15-9-5-2-6-10-15)12-11-14-7-3-1-4-8-14/h1-10,16H,13H2/t16-/m1/s1. The number of hydrogen-bond donors (Lipinski definition) is 0. The first kappa shape index (κ1) is 11.4. The van der Waals surface area contributed by atoms with Crippen molar-refractivity contribution in [2.45, 2.75) is 12.6 Å². The Morgan fingerprint density at radius 1 is 0.882 bits per heavy atom. The maximum Gasteiger partial charge on any atom is 0.165 e. The van der Waals surface area contributed by atoms with Crippen LogP contribution in [0.5, 0.6) is 0 Å². The number of benzene rings is 2. The smallest absolute Gasteiger partial charge is 0.165 e. The molecule has 0 aliphatic rings. The minimum Gasteiger partial charge on any atom is -0.233 e. The molecule has 0 saturated heterocycles. The van der Waals surface area contributed by atoms with E-state index in [-0.39, 0.29) is 0 Å². The third kappa shape index (κ3) is 3.77. The average Bonchev–Trinajstić information content (AvgIpc) is 2.39. The van der Waals surface area contributed by atoms with Crippen LogP contribution < -0.4 is 0 Å². The highest BCUT2D eigenvalue weighted by Crippen LogP contribution is 2.05. The van der Waals surface area contributed by atoms with Crippen molar-refractivity contribution in [1.82, 2.24) is 0 Å². The van der Waals surface area contributed by atoms with Crippen molar-refractivity contribution >= 4 is 0 Å². The van der Waals surface area contributed by atoms with Gasteiger partial charge in [-0.25, -0.2) is 4.39 Å². The van der Waals surface area contributed by atoms with E-state index in [1.54, 1.807) is 0 Å². The van der Waals surface area contributed by atoms with Crippen LogP contribution in [0.2, 0.25) is 0 Å². The summed E-state index contributed by atoms with van der Waals surface area (Å²) in [6.45, 7) is 0. The Morgan fingerprint density at radius 3 is 2.12 bits per heavy atom. The molecule has 1 heteroatoms. The van der Waals surface area contributed by atoms with Crippen molar-refractivity contribution in [2.24, 2.45) is 0 Å². The van der Waals surface area contributed by atoms with Gasteiger partial charge in [0.05, 0.1) is 0 Å². The van der Waals surface area contributed by atoms with E-state index in [9.17, 15) is 4.39 Å². The molecule has 0 aromatic heterocycles. The molecule has 0 heterocycles. The molecule has 17 heavy (non-hydrogen) atoms. The van der Waals surface area contributed by atoms with E-state index in [4.69, 9.17) is 0 Å². The van der Waals surface area contributed by atoms with Gasteiger partial charge in [0.25, 0.3) is 0 Å². The summed E-state index contributed by atoms with van der Waals surface area (Å²) in [5.74, 6) is 5.47. The first-order valence-electron chi connectivity index (χ1n) is 5.59. The topological polar surface area (TPSA) is 0 Å². The van der Waals surface area contributed by atoms with Gasteiger partial charge in [0.15, 0.2) is 6.17 Å². The first-order chi connectivity index (χ1) is 8.34. The van der Waals surface area contributed by atoms with E-state index in [1.807, 2.05) is 60.7 Å². The van der Waals surface area contributed by atoms with Gasteiger partial charge < -0.3 is 0 Å². The minimum atomic E-state index is -1.11. The molecule has 0 aliphatic heterocycles. The highest BCUT2D eigenvalue weighted by atomic mass is 19.1. The molecule has 0 fully saturated rings. The van der Waals surface area contributed by atoms with Gasteiger partial charge in [-0.05, 0) is 17.7 Å². The summed E-state index contributed by atoms with van der Waals surface area (Å²) in [5.41, 5.74) is 1.82. The summed E-state index contributed by atoms with van der Waals surface area (Å²) in [6, 6.07) is 19.0. The van der Waals surface area contributed by atoms with Crippen LogP contribution in [-0.4, -0.2) is 6.17 Å². The zero-order valence-corrected chi connectivity index (χ0v) is 9.44. The predicted octanol–water partition coefficient (Wildman–Crippen LogP) is 3.62. The molecule has 0 unspecified atom stereocenters. The van der Waals surface area contributed by atoms with Crippen molar-refractivity contribution < 1.29 is 4.39 Å². The van der Waals surface area contributed by atoms with E-state index in [0.717, 1.165) is 11.1 Å². The second-order valence-electron chi connectivity index (χ2n) is 3.79. The van der Waals surface area contributed by atoms with E-state index in [2.05, 4.69) is 11.8 Å². The monoisotopic (exact) mass is 224 g/mol. The molecule has 0 N–H and O–H groups in total. The van der Waals surface area contributed by atoms with Gasteiger partial charge in [0.1, 0.15) is 0 Å². The van der Waals surface area contributed by atoms with Crippen LogP contribution in [-0.2, 0) is 6.42 Å². The molecular formula is C16H13F. The fraction of sp³-hybridized carbons (Fsp3) is 0.125. The van der Waals surface area contributed by atoms with Crippen LogP contribution in [0.25, 0.3) is 0 Å². The summed E-state index contributed by atoms with van der Waals surface area (Å²) in [4.78, 5) is 0. The molecule has 0 nitrogen and oxygen atoms in total. The molecule has 0 radical (unpaired) electrons. The third-order valence-corrected chi connectivity index (χ3v) is 2.40. The molecule has 0 amide bonds. The lowest BCUT2D eigenvalue weighted by atomic mass is 10.1. The Labute approximate surface area is 101 Å². The largest absolute Gasteiger partial charge is 0.233 e. The van der Waals surface area contributed by atoms with Gasteiger partial charge in [-0.15, -0.1) is 0 Å². The zero-order valence-electron chi connectivity index (χ0n) is 9.44. The number of hydrogen-bond acceptors (Lipinski definition) is 0. The van der Waals surface area contributed by atoms with Crippen molar-refractivity contribution in [1.29, 1.82) is 0 Å². The van der Waals surface area contributed by atoms with Crippen molar-refractivity contribution in [3.63, 3.8) is 0 Å². The number of rotatable bonds is 2. The Morgan fingerprint density at radius 2 is 1.47 bits per heavy atom. The lowest BCUT2D eigenvalue weighted by Crippen LogP contribution is -2.00. The molecule has 2 rings (SSSR count). The maximum atomic E-state index is 13.6. The Kier molecular flexibility index (Phi) is 3.94. The van der Waals surface area contributed by atoms with Gasteiger partial charge in [0, 0.05) is 12.0 Å². The highest BCUT2D eigenvalue weighted by molar-refractivity contribution is 5.34. The minimum absolute atomic E-state index is 0.348. The molecule has 0 bridgehead atoms. The molecule has 2 aromatic rings. The van der Waals surface area contributed by atoms with Crippen LogP contribution in [0, 0.1) is 11.8 Å². The van der Waals surface area contributed by atoms with Crippen molar-refractivity contribution in [3.8, 4) is 11.8 Å². The number of halogens is 1. The van der Waals surface area contributed by atoms with Gasteiger partial charge in [-0.3, -0.25) is 0 Å². The molecular weight excluding hydrogens is 211 g/mol. The van der Waals surface area contributed by atoms with E-state index in [1.165, 1.54) is 0 Å². The normalized spacial score (nSPS) is 11.4. The molecule has 0 saturated carbocycles. The second-order valence-corrected chi connectivity index (χ2v) is 3.79. The SMILES string of the molecule is F[C@H](C#Cc1ccccc1)Cc1ccccc1. The van der Waals surface area contributed by atoms with Crippen LogP contribution in [0.1, 0.15) is 11.1 Å². The van der Waals surface area contributed by atoms with E-state index >= 15 is 0 Å². The maximum absolute atomic E-state index is 13.6. The summed E-state index contributed by atoms with van der Waals surface area (Å²) in [7, 11) is 0. The van der Waals surface area contributed by atoms with Crippen LogP contribution in [0.3, 0.4) is 0 Å². The molecule has 0 aliphatic carbocycles. The molecule has 84 valence electrons. The fourth-order valence-corrected chi connectivity index (χ4v) is 1.56. The van der Waals surface area contributed by atoms with Gasteiger partial charge >= 0.3 is 0 Å². The fourth-order valence-electron chi connectivity index (χ4n) is 1.56. The quantitative estimate of drug-likeness (QED) is 0.683. The molecule has 0 spiro atoms. The summed E-state index contributed by atoms with van der Waals surface area (Å²) in [6.07, 6.45) is -0.765. The van der Waals surface area contributed by atoms with E-state index in [0.29, 0.717) is 6.42 Å². The van der Waals surface area contributed by atoms with Crippen LogP contribution >= 0.6 is 0 Å². The number of alkyl halides is 1. The molecule has 2 aromatic carbocycles. The zero-order chi connectivity index (χ0) is 11.9. The average molecular weight is 224 g/mol. The Balaban J connectivity index is 1.99. The lowest BCUT2D eigenvalue weighted by molar-refractivity contribution is 0.411. The van der Waals surface area contributed by atoms with Gasteiger partial charge in [0.2, 0.25) is 0 Å². The summed E-state index contributed by atoms with van der Waals surface area (Å²) < 4.78 is 13.6. The van der Waals surface area contributed by atoms with Gasteiger partial charge in [-0.1, -0.05) is 60.4 Å². The summed E-state index contributed by atoms with van der Waals surface area (Å²) in [5, 5.41) is 0. The Hall–Kier alpha value is -2.07. The van der Waals surface area contributed by atoms with E-state index < -0.39 is 6.17 Å². The van der Waals surface area contributed by atoms with Gasteiger partial charge in [-0.2, -0.15) is 0 Å². The highest BCUT2D eigenvalue weighted by Gasteiger charge is 2.02. The molecule has 1 atom stereocenters. The predicted molar refractivity (Wildman–Crippen MR) is 68.4 cm³/mol. The van der Waals surface area contributed by atoms with Crippen molar-refractivity contribution in [2.75, 3.05) is 0 Å². The first-order valence-corrected chi connectivity index (χ1v) is 5.59. The van der Waals surface area contributed by atoms with Crippen molar-refractivity contribution in [3.05, 3.63) is 71.8 Å². The van der Waals surface area contributed by atoms with Crippen LogP contribution in [0.15, 0.2) is 60.7 Å². The summed E-state index contributed by atoms with van der Waals surface area (Å²) >= 11 is 0. The third-order valence-electron chi connectivity index (χ3n) is 2.40.